The molecule has 3 atom stereocenters. The number of rotatable bonds is 13. The zero-order valence-electron chi connectivity index (χ0n) is 32.3. The fraction of sp³-hybridized carbons (Fsp3) is 0.809. The van der Waals surface area contributed by atoms with E-state index in [4.69, 9.17) is 9.47 Å². The number of nitrogens with zero attached hydrogens (tertiary/aromatic N) is 2. The molecule has 5 heteroatoms. The van der Waals surface area contributed by atoms with Crippen LogP contribution in [-0.2, 0) is 14.3 Å². The van der Waals surface area contributed by atoms with Crippen LogP contribution in [0.4, 0.5) is 0 Å². The minimum Gasteiger partial charge on any atom is -0.502 e. The lowest BCUT2D eigenvalue weighted by Gasteiger charge is -2.36. The summed E-state index contributed by atoms with van der Waals surface area (Å²) >= 11 is 0. The highest BCUT2D eigenvalue weighted by Crippen LogP contribution is 2.43. The van der Waals surface area contributed by atoms with E-state index in [1.807, 2.05) is 0 Å². The van der Waals surface area contributed by atoms with Gasteiger partial charge in [0.2, 0.25) is 0 Å². The van der Waals surface area contributed by atoms with Gasteiger partial charge in [-0.15, -0.1) is 0 Å². The van der Waals surface area contributed by atoms with Crippen LogP contribution in [-0.4, -0.2) is 19.2 Å². The minimum absolute atomic E-state index is 0.0457. The van der Waals surface area contributed by atoms with E-state index in [0.29, 0.717) is 18.4 Å². The molecule has 0 aliphatic heterocycles. The van der Waals surface area contributed by atoms with Gasteiger partial charge in [0.05, 0.1) is 37.5 Å². The zero-order valence-corrected chi connectivity index (χ0v) is 32.3. The van der Waals surface area contributed by atoms with E-state index in [1.54, 1.807) is 0 Å². The van der Waals surface area contributed by atoms with Crippen molar-refractivity contribution in [3.63, 3.8) is 0 Å². The summed E-state index contributed by atoms with van der Waals surface area (Å²) in [5.41, 5.74) is 0. The first kappa shape index (κ1) is 40.3. The molecule has 0 saturated heterocycles. The predicted molar refractivity (Wildman–Crippen MR) is 208 cm³/mol. The summed E-state index contributed by atoms with van der Waals surface area (Å²) in [7, 11) is 0. The average Bonchev–Trinajstić information content (AvgIpc) is 3.20. The van der Waals surface area contributed by atoms with Gasteiger partial charge in [0.15, 0.2) is 0 Å². The lowest BCUT2D eigenvalue weighted by molar-refractivity contribution is -0.151. The molecule has 5 rings (SSSR count). The minimum atomic E-state index is -0.170. The van der Waals surface area contributed by atoms with Crippen LogP contribution in [0.15, 0.2) is 12.8 Å². The Morgan fingerprint density at radius 2 is 0.923 bits per heavy atom. The molecule has 0 spiro atoms. The fourth-order valence-electron chi connectivity index (χ4n) is 10.5. The van der Waals surface area contributed by atoms with Crippen molar-refractivity contribution < 1.29 is 14.3 Å². The van der Waals surface area contributed by atoms with Gasteiger partial charge in [-0.05, 0) is 159 Å². The lowest BCUT2D eigenvalue weighted by atomic mass is 9.69. The quantitative estimate of drug-likeness (QED) is 0.0823. The number of hydrogen-bond donors (Lipinski definition) is 0. The molecule has 0 aromatic heterocycles. The highest BCUT2D eigenvalue weighted by molar-refractivity contribution is 5.73. The molecule has 0 aromatic rings. The third kappa shape index (κ3) is 12.9. The number of unbranched alkanes of at least 4 members (excludes halogenated alkanes) is 5. The summed E-state index contributed by atoms with van der Waals surface area (Å²) in [6.07, 6.45) is 30.0. The third-order valence-electron chi connectivity index (χ3n) is 13.9. The van der Waals surface area contributed by atoms with Gasteiger partial charge in [-0.3, -0.25) is 4.79 Å². The number of carbonyl (C=O) groups excluding carboxylic acids is 1. The van der Waals surface area contributed by atoms with Crippen LogP contribution in [0.2, 0.25) is 0 Å². The summed E-state index contributed by atoms with van der Waals surface area (Å²) in [5.74, 6) is 19.6. The van der Waals surface area contributed by atoms with Gasteiger partial charge in [0.1, 0.15) is 0 Å². The van der Waals surface area contributed by atoms with E-state index in [1.165, 1.54) is 89.7 Å². The topological polar surface area (TPSA) is 83.1 Å². The van der Waals surface area contributed by atoms with Crippen molar-refractivity contribution in [2.24, 2.45) is 65.1 Å². The van der Waals surface area contributed by atoms with Gasteiger partial charge in [0, 0.05) is 35.5 Å². The molecule has 5 saturated carbocycles. The van der Waals surface area contributed by atoms with E-state index in [9.17, 15) is 15.3 Å². The van der Waals surface area contributed by atoms with Crippen LogP contribution in [0, 0.1) is 111 Å². The van der Waals surface area contributed by atoms with E-state index in [2.05, 4.69) is 42.4 Å². The molecule has 5 fully saturated rings. The van der Waals surface area contributed by atoms with Crippen LogP contribution in [0.3, 0.4) is 0 Å². The second kappa shape index (κ2) is 22.4. The van der Waals surface area contributed by atoms with Crippen molar-refractivity contribution in [2.75, 3.05) is 13.2 Å². The fourth-order valence-corrected chi connectivity index (χ4v) is 10.5. The number of esters is 1. The molecule has 0 heterocycles. The third-order valence-corrected chi connectivity index (χ3v) is 13.9. The number of hydrogen-bond acceptors (Lipinski definition) is 5. The molecular weight excluding hydrogens is 641 g/mol. The molecule has 0 bridgehead atoms. The molecule has 5 nitrogen and oxygen atoms in total. The number of ether oxygens (including phenoxy) is 2. The van der Waals surface area contributed by atoms with Crippen LogP contribution in [0.25, 0.3) is 0 Å². The molecule has 3 unspecified atom stereocenters. The number of carbonyl (C=O) groups is 1. The Hall–Kier alpha value is -2.89. The standard InChI is InChI=1S/C47H68N2O3/c1-2-51-31-7-5-3-4-6-8-32-52-47(50)46-33-38(10-9-36-11-21-41(22-12-36)43-25-17-39(34-48)18-26-43)16-30-45(46)29-15-37-13-23-42(24-14-37)44-27-19-40(35-49)20-28-44/h2,36-46H,1,3-8,11-14,16-28,30-33H2. The smallest absolute Gasteiger partial charge is 0.310 e. The maximum Gasteiger partial charge on any atom is 0.310 e. The Kier molecular flexibility index (Phi) is 17.3. The second-order valence-electron chi connectivity index (χ2n) is 17.3. The van der Waals surface area contributed by atoms with Crippen molar-refractivity contribution in [1.82, 2.24) is 0 Å². The molecule has 5 aliphatic carbocycles. The monoisotopic (exact) mass is 709 g/mol. The molecular formula is C47H68N2O3. The van der Waals surface area contributed by atoms with E-state index in [0.717, 1.165) is 107 Å². The van der Waals surface area contributed by atoms with Crippen molar-refractivity contribution >= 4 is 5.97 Å². The van der Waals surface area contributed by atoms with Gasteiger partial charge in [-0.1, -0.05) is 55.9 Å². The Balaban J connectivity index is 1.09. The van der Waals surface area contributed by atoms with Crippen LogP contribution in [0.5, 0.6) is 0 Å². The first-order valence-corrected chi connectivity index (χ1v) is 21.8. The molecule has 284 valence electrons. The van der Waals surface area contributed by atoms with Crippen LogP contribution < -0.4 is 0 Å². The lowest BCUT2D eigenvalue weighted by Crippen LogP contribution is -2.32. The highest BCUT2D eigenvalue weighted by atomic mass is 16.5. The van der Waals surface area contributed by atoms with Crippen LogP contribution >= 0.6 is 0 Å². The van der Waals surface area contributed by atoms with Crippen LogP contribution in [0.1, 0.15) is 161 Å². The van der Waals surface area contributed by atoms with Crippen molar-refractivity contribution in [3.05, 3.63) is 12.8 Å². The first-order valence-electron chi connectivity index (χ1n) is 21.8. The Bertz CT molecular complexity index is 1290. The van der Waals surface area contributed by atoms with Gasteiger partial charge >= 0.3 is 5.97 Å². The number of nitriles is 2. The Morgan fingerprint density at radius 1 is 0.519 bits per heavy atom. The molecule has 52 heavy (non-hydrogen) atoms. The van der Waals surface area contributed by atoms with Gasteiger partial charge in [0.25, 0.3) is 0 Å². The SMILES string of the molecule is C=COCCCCCCCCOC(=O)C1CC(C#CC2CCC(C3CCC(C#N)CC3)CC2)CCC1C#CC1CCC(C2CCC(C#N)CC2)CC1. The van der Waals surface area contributed by atoms with Gasteiger partial charge in [-0.25, -0.2) is 0 Å². The summed E-state index contributed by atoms with van der Waals surface area (Å²) in [5, 5.41) is 18.6. The summed E-state index contributed by atoms with van der Waals surface area (Å²) < 4.78 is 11.2. The average molecular weight is 709 g/mol. The van der Waals surface area contributed by atoms with E-state index >= 15 is 0 Å². The van der Waals surface area contributed by atoms with Crippen molar-refractivity contribution in [3.8, 4) is 35.8 Å². The molecule has 0 aromatic carbocycles. The normalized spacial score (nSPS) is 34.8. The maximum atomic E-state index is 13.6. The predicted octanol–water partition coefficient (Wildman–Crippen LogP) is 11.3. The molecule has 0 N–H and O–H groups in total. The Labute approximate surface area is 317 Å². The van der Waals surface area contributed by atoms with E-state index in [-0.39, 0.29) is 35.6 Å². The zero-order chi connectivity index (χ0) is 36.4. The second-order valence-corrected chi connectivity index (χ2v) is 17.3. The first-order chi connectivity index (χ1) is 25.6. The van der Waals surface area contributed by atoms with Crippen molar-refractivity contribution in [2.45, 2.75) is 161 Å². The molecule has 5 aliphatic rings. The summed E-state index contributed by atoms with van der Waals surface area (Å²) in [6, 6.07) is 4.98. The summed E-state index contributed by atoms with van der Waals surface area (Å²) in [6.45, 7) is 4.85. The van der Waals surface area contributed by atoms with E-state index < -0.39 is 0 Å². The molecule has 0 radical (unpaired) electrons. The Morgan fingerprint density at radius 3 is 1.40 bits per heavy atom. The summed E-state index contributed by atoms with van der Waals surface area (Å²) in [4.78, 5) is 13.6. The molecule has 0 amide bonds. The van der Waals surface area contributed by atoms with Crippen molar-refractivity contribution in [1.29, 1.82) is 10.5 Å². The highest BCUT2D eigenvalue weighted by Gasteiger charge is 2.36. The maximum absolute atomic E-state index is 13.6. The van der Waals surface area contributed by atoms with Gasteiger partial charge < -0.3 is 9.47 Å². The largest absolute Gasteiger partial charge is 0.502 e. The van der Waals surface area contributed by atoms with Gasteiger partial charge in [-0.2, -0.15) is 10.5 Å².